The van der Waals surface area contributed by atoms with Crippen LogP contribution in [-0.4, -0.2) is 31.8 Å². The number of hydrogen-bond donors (Lipinski definition) is 2. The van der Waals surface area contributed by atoms with Gasteiger partial charge in [-0.15, -0.1) is 11.8 Å². The van der Waals surface area contributed by atoms with Crippen LogP contribution in [0.1, 0.15) is 10.4 Å². The van der Waals surface area contributed by atoms with E-state index in [1.807, 2.05) is 48.5 Å². The summed E-state index contributed by atoms with van der Waals surface area (Å²) in [6.45, 7) is 0. The maximum absolute atomic E-state index is 12.7. The zero-order valence-electron chi connectivity index (χ0n) is 20.4. The molecule has 4 aromatic rings. The summed E-state index contributed by atoms with van der Waals surface area (Å²) < 4.78 is 16.3. The van der Waals surface area contributed by atoms with Crippen LogP contribution in [-0.2, 0) is 4.79 Å². The summed E-state index contributed by atoms with van der Waals surface area (Å²) in [5.74, 6) is 2.26. The second kappa shape index (κ2) is 12.5. The first-order valence-electron chi connectivity index (χ1n) is 11.4. The highest BCUT2D eigenvalue weighted by Crippen LogP contribution is 2.28. The SMILES string of the molecule is COc1ccc(C(=O)Nc2cccc(SCC(=O)Nc3ccc(Oc4ccccc4)cc3)c2)cc1OC. The zero-order valence-corrected chi connectivity index (χ0v) is 21.2. The Morgan fingerprint density at radius 2 is 1.43 bits per heavy atom. The van der Waals surface area contributed by atoms with Gasteiger partial charge in [0, 0.05) is 21.8 Å². The molecule has 0 aliphatic carbocycles. The lowest BCUT2D eigenvalue weighted by Gasteiger charge is -2.11. The zero-order chi connectivity index (χ0) is 26.0. The van der Waals surface area contributed by atoms with E-state index in [1.54, 1.807) is 55.6 Å². The molecule has 0 aliphatic heterocycles. The topological polar surface area (TPSA) is 85.9 Å². The molecule has 0 radical (unpaired) electrons. The van der Waals surface area contributed by atoms with Crippen molar-refractivity contribution >= 4 is 35.0 Å². The Morgan fingerprint density at radius 1 is 0.703 bits per heavy atom. The Kier molecular flexibility index (Phi) is 8.67. The average molecular weight is 515 g/mol. The van der Waals surface area contributed by atoms with Gasteiger partial charge in [-0.25, -0.2) is 0 Å². The molecule has 4 aromatic carbocycles. The first-order valence-corrected chi connectivity index (χ1v) is 12.4. The smallest absolute Gasteiger partial charge is 0.255 e. The maximum atomic E-state index is 12.7. The highest BCUT2D eigenvalue weighted by Gasteiger charge is 2.12. The number of amides is 2. The quantitative estimate of drug-likeness (QED) is 0.236. The van der Waals surface area contributed by atoms with E-state index in [4.69, 9.17) is 14.2 Å². The van der Waals surface area contributed by atoms with Crippen molar-refractivity contribution in [3.8, 4) is 23.0 Å². The second-order valence-corrected chi connectivity index (χ2v) is 8.88. The molecule has 2 N–H and O–H groups in total. The summed E-state index contributed by atoms with van der Waals surface area (Å²) in [6, 6.07) is 29.0. The molecule has 37 heavy (non-hydrogen) atoms. The molecule has 0 aliphatic rings. The number of carbonyl (C=O) groups is 2. The number of carbonyl (C=O) groups excluding carboxylic acids is 2. The van der Waals surface area contributed by atoms with Gasteiger partial charge in [0.15, 0.2) is 11.5 Å². The van der Waals surface area contributed by atoms with Crippen LogP contribution >= 0.6 is 11.8 Å². The van der Waals surface area contributed by atoms with Crippen LogP contribution in [0.2, 0.25) is 0 Å². The van der Waals surface area contributed by atoms with Crippen LogP contribution in [0.25, 0.3) is 0 Å². The number of ether oxygens (including phenoxy) is 3. The van der Waals surface area contributed by atoms with E-state index in [9.17, 15) is 9.59 Å². The van der Waals surface area contributed by atoms with Gasteiger partial charge in [-0.1, -0.05) is 24.3 Å². The molecule has 0 unspecified atom stereocenters. The van der Waals surface area contributed by atoms with Gasteiger partial charge in [-0.05, 0) is 72.8 Å². The normalized spacial score (nSPS) is 10.3. The van der Waals surface area contributed by atoms with Crippen LogP contribution in [0, 0.1) is 0 Å². The van der Waals surface area contributed by atoms with Crippen molar-refractivity contribution in [2.45, 2.75) is 4.90 Å². The molecule has 0 heterocycles. The van der Waals surface area contributed by atoms with E-state index >= 15 is 0 Å². The Bertz CT molecular complexity index is 1360. The lowest BCUT2D eigenvalue weighted by atomic mass is 10.2. The fourth-order valence-electron chi connectivity index (χ4n) is 3.42. The third kappa shape index (κ3) is 7.28. The number of nitrogens with one attached hydrogen (secondary N) is 2. The lowest BCUT2D eigenvalue weighted by molar-refractivity contribution is -0.113. The molecule has 2 amide bonds. The van der Waals surface area contributed by atoms with Crippen molar-refractivity contribution in [1.29, 1.82) is 0 Å². The van der Waals surface area contributed by atoms with E-state index in [2.05, 4.69) is 10.6 Å². The van der Waals surface area contributed by atoms with E-state index in [0.717, 1.165) is 10.6 Å². The summed E-state index contributed by atoms with van der Waals surface area (Å²) in [6.07, 6.45) is 0. The number of para-hydroxylation sites is 1. The molecule has 0 bridgehead atoms. The Morgan fingerprint density at radius 3 is 2.16 bits per heavy atom. The summed E-state index contributed by atoms with van der Waals surface area (Å²) in [4.78, 5) is 26.0. The van der Waals surface area contributed by atoms with Crippen molar-refractivity contribution in [2.24, 2.45) is 0 Å². The van der Waals surface area contributed by atoms with Gasteiger partial charge in [0.2, 0.25) is 5.91 Å². The minimum absolute atomic E-state index is 0.138. The molecular weight excluding hydrogens is 488 g/mol. The Balaban J connectivity index is 1.29. The van der Waals surface area contributed by atoms with Crippen molar-refractivity contribution in [3.63, 3.8) is 0 Å². The first-order chi connectivity index (χ1) is 18.0. The number of hydrogen-bond acceptors (Lipinski definition) is 6. The number of benzene rings is 4. The molecule has 0 atom stereocenters. The average Bonchev–Trinajstić information content (AvgIpc) is 2.93. The molecule has 4 rings (SSSR count). The highest BCUT2D eigenvalue weighted by atomic mass is 32.2. The van der Waals surface area contributed by atoms with Crippen LogP contribution in [0.5, 0.6) is 23.0 Å². The van der Waals surface area contributed by atoms with E-state index in [0.29, 0.717) is 34.2 Å². The van der Waals surface area contributed by atoms with Gasteiger partial charge >= 0.3 is 0 Å². The molecule has 7 nitrogen and oxygen atoms in total. The predicted octanol–water partition coefficient (Wildman–Crippen LogP) is 6.48. The van der Waals surface area contributed by atoms with E-state index < -0.39 is 0 Å². The van der Waals surface area contributed by atoms with Crippen LogP contribution in [0.3, 0.4) is 0 Å². The van der Waals surface area contributed by atoms with Gasteiger partial charge in [0.05, 0.1) is 20.0 Å². The molecule has 0 aromatic heterocycles. The second-order valence-electron chi connectivity index (χ2n) is 7.83. The fraction of sp³-hybridized carbons (Fsp3) is 0.103. The predicted molar refractivity (Wildman–Crippen MR) is 146 cm³/mol. The number of methoxy groups -OCH3 is 2. The minimum Gasteiger partial charge on any atom is -0.493 e. The molecule has 0 spiro atoms. The molecule has 188 valence electrons. The van der Waals surface area contributed by atoms with Gasteiger partial charge in [-0.3, -0.25) is 9.59 Å². The third-order valence-corrected chi connectivity index (χ3v) is 6.22. The number of anilines is 2. The summed E-state index contributed by atoms with van der Waals surface area (Å²) in [7, 11) is 3.06. The largest absolute Gasteiger partial charge is 0.493 e. The number of thioether (sulfide) groups is 1. The van der Waals surface area contributed by atoms with Crippen molar-refractivity contribution in [2.75, 3.05) is 30.6 Å². The Labute approximate surface area is 219 Å². The van der Waals surface area contributed by atoms with E-state index in [-0.39, 0.29) is 17.6 Å². The molecule has 8 heteroatoms. The van der Waals surface area contributed by atoms with Crippen LogP contribution < -0.4 is 24.8 Å². The lowest BCUT2D eigenvalue weighted by Crippen LogP contribution is -2.14. The van der Waals surface area contributed by atoms with Crippen LogP contribution in [0.4, 0.5) is 11.4 Å². The minimum atomic E-state index is -0.277. The monoisotopic (exact) mass is 514 g/mol. The molecular formula is C29H26N2O5S. The van der Waals surface area contributed by atoms with Crippen molar-refractivity contribution in [1.82, 2.24) is 0 Å². The standard InChI is InChI=1S/C29H26N2O5S/c1-34-26-16-11-20(17-27(26)35-2)29(33)31-22-7-6-10-25(18-22)37-19-28(32)30-21-12-14-24(15-13-21)36-23-8-4-3-5-9-23/h3-18H,19H2,1-2H3,(H,30,32)(H,31,33). The van der Waals surface area contributed by atoms with Gasteiger partial charge in [0.25, 0.3) is 5.91 Å². The first kappa shape index (κ1) is 25.7. The van der Waals surface area contributed by atoms with Crippen molar-refractivity contribution in [3.05, 3.63) is 103 Å². The summed E-state index contributed by atoms with van der Waals surface area (Å²) in [5.41, 5.74) is 1.75. The van der Waals surface area contributed by atoms with Crippen molar-refractivity contribution < 1.29 is 23.8 Å². The highest BCUT2D eigenvalue weighted by molar-refractivity contribution is 8.00. The summed E-state index contributed by atoms with van der Waals surface area (Å²) in [5, 5.41) is 5.76. The van der Waals surface area contributed by atoms with Gasteiger partial charge in [-0.2, -0.15) is 0 Å². The molecule has 0 saturated heterocycles. The fourth-order valence-corrected chi connectivity index (χ4v) is 4.18. The Hall–Kier alpha value is -4.43. The van der Waals surface area contributed by atoms with Gasteiger partial charge < -0.3 is 24.8 Å². The van der Waals surface area contributed by atoms with Crippen LogP contribution in [0.15, 0.2) is 102 Å². The third-order valence-electron chi connectivity index (χ3n) is 5.22. The van der Waals surface area contributed by atoms with Gasteiger partial charge in [0.1, 0.15) is 11.5 Å². The molecule has 0 saturated carbocycles. The number of rotatable bonds is 10. The molecule has 0 fully saturated rings. The maximum Gasteiger partial charge on any atom is 0.255 e. The summed E-state index contributed by atoms with van der Waals surface area (Å²) >= 11 is 1.38. The van der Waals surface area contributed by atoms with E-state index in [1.165, 1.54) is 18.9 Å².